The van der Waals surface area contributed by atoms with Gasteiger partial charge in [0.2, 0.25) is 0 Å². The molecule has 1 fully saturated rings. The molecule has 0 N–H and O–H groups in total. The fourth-order valence-corrected chi connectivity index (χ4v) is 3.03. The van der Waals surface area contributed by atoms with Crippen LogP contribution < -0.4 is 0 Å². The molecule has 1 heterocycles. The van der Waals surface area contributed by atoms with Crippen LogP contribution in [0, 0.1) is 0 Å². The maximum atomic E-state index is 6.23. The monoisotopic (exact) mass is 288 g/mol. The molecule has 0 bridgehead atoms. The molecule has 4 heteroatoms. The fraction of sp³-hybridized carbons (Fsp3) is 0.571. The van der Waals surface area contributed by atoms with Gasteiger partial charge in [0.25, 0.3) is 0 Å². The Kier molecular flexibility index (Phi) is 4.22. The third kappa shape index (κ3) is 2.39. The zero-order valence-electron chi connectivity index (χ0n) is 10.9. The van der Waals surface area contributed by atoms with Crippen molar-refractivity contribution in [1.82, 2.24) is 0 Å². The van der Waals surface area contributed by atoms with E-state index in [1.807, 2.05) is 25.1 Å². The summed E-state index contributed by atoms with van der Waals surface area (Å²) in [6, 6.07) is 5.50. The average Bonchev–Trinajstić information content (AvgIpc) is 2.68. The van der Waals surface area contributed by atoms with E-state index in [-0.39, 0.29) is 12.2 Å². The Morgan fingerprint density at radius 1 is 1.11 bits per heavy atom. The Balaban J connectivity index is 2.35. The van der Waals surface area contributed by atoms with Crippen LogP contribution in [-0.2, 0) is 9.47 Å². The molecule has 0 aliphatic carbocycles. The molecule has 0 radical (unpaired) electrons. The second-order valence-corrected chi connectivity index (χ2v) is 5.43. The van der Waals surface area contributed by atoms with E-state index in [4.69, 9.17) is 32.7 Å². The van der Waals surface area contributed by atoms with Crippen LogP contribution in [0.15, 0.2) is 18.2 Å². The van der Waals surface area contributed by atoms with E-state index in [0.717, 1.165) is 18.4 Å². The number of benzene rings is 1. The van der Waals surface area contributed by atoms with E-state index in [1.54, 1.807) is 0 Å². The van der Waals surface area contributed by atoms with Gasteiger partial charge in [0.15, 0.2) is 5.79 Å². The molecule has 0 unspecified atom stereocenters. The Hall–Kier alpha value is -0.280. The first-order chi connectivity index (χ1) is 8.53. The van der Waals surface area contributed by atoms with Crippen LogP contribution in [0.2, 0.25) is 10.0 Å². The molecule has 2 rings (SSSR count). The van der Waals surface area contributed by atoms with E-state index >= 15 is 0 Å². The summed E-state index contributed by atoms with van der Waals surface area (Å²) in [6.45, 7) is 6.12. The van der Waals surface area contributed by atoms with Crippen LogP contribution in [0.4, 0.5) is 0 Å². The summed E-state index contributed by atoms with van der Waals surface area (Å²) >= 11 is 12.5. The summed E-state index contributed by atoms with van der Waals surface area (Å²) in [5.41, 5.74) is 0.831. The predicted octanol–water partition coefficient (Wildman–Crippen LogP) is 4.99. The van der Waals surface area contributed by atoms with E-state index in [9.17, 15) is 0 Å². The van der Waals surface area contributed by atoms with Crippen molar-refractivity contribution in [3.8, 4) is 0 Å². The SMILES string of the molecule is CCC1(CC)O[C@H](c2c(Cl)cccc2Cl)[C@@H](C)O1. The summed E-state index contributed by atoms with van der Waals surface area (Å²) in [5, 5.41) is 1.26. The fourth-order valence-electron chi connectivity index (χ4n) is 2.42. The summed E-state index contributed by atoms with van der Waals surface area (Å²) in [4.78, 5) is 0. The van der Waals surface area contributed by atoms with Crippen molar-refractivity contribution in [3.05, 3.63) is 33.8 Å². The van der Waals surface area contributed by atoms with Gasteiger partial charge in [0.05, 0.1) is 6.10 Å². The largest absolute Gasteiger partial charge is 0.344 e. The van der Waals surface area contributed by atoms with Crippen molar-refractivity contribution in [3.63, 3.8) is 0 Å². The molecule has 1 aromatic rings. The van der Waals surface area contributed by atoms with E-state index in [1.165, 1.54) is 0 Å². The minimum absolute atomic E-state index is 0.0534. The Morgan fingerprint density at radius 2 is 1.67 bits per heavy atom. The van der Waals surface area contributed by atoms with Gasteiger partial charge in [-0.05, 0) is 31.9 Å². The molecule has 1 aromatic carbocycles. The molecule has 1 aliphatic heterocycles. The van der Waals surface area contributed by atoms with Crippen molar-refractivity contribution in [2.45, 2.75) is 51.6 Å². The second kappa shape index (κ2) is 5.38. The number of hydrogen-bond donors (Lipinski definition) is 0. The highest BCUT2D eigenvalue weighted by Gasteiger charge is 2.45. The summed E-state index contributed by atoms with van der Waals surface area (Å²) in [6.07, 6.45) is 1.37. The lowest BCUT2D eigenvalue weighted by molar-refractivity contribution is -0.178. The van der Waals surface area contributed by atoms with Gasteiger partial charge in [-0.15, -0.1) is 0 Å². The standard InChI is InChI=1S/C14H18Cl2O2/c1-4-14(5-2)17-9(3)13(18-14)12-10(15)7-6-8-11(12)16/h6-9,13H,4-5H2,1-3H3/t9-,13+/m1/s1. The van der Waals surface area contributed by atoms with Gasteiger partial charge in [0, 0.05) is 15.6 Å². The van der Waals surface area contributed by atoms with Crippen LogP contribution in [0.1, 0.15) is 45.3 Å². The molecular weight excluding hydrogens is 271 g/mol. The molecule has 0 amide bonds. The number of halogens is 2. The van der Waals surface area contributed by atoms with E-state index in [0.29, 0.717) is 10.0 Å². The molecule has 0 aromatic heterocycles. The highest BCUT2D eigenvalue weighted by atomic mass is 35.5. The van der Waals surface area contributed by atoms with Gasteiger partial charge < -0.3 is 9.47 Å². The minimum Gasteiger partial charge on any atom is -0.344 e. The Bertz CT molecular complexity index is 410. The quantitative estimate of drug-likeness (QED) is 0.780. The molecule has 1 saturated heterocycles. The predicted molar refractivity (Wildman–Crippen MR) is 74.1 cm³/mol. The molecule has 2 atom stereocenters. The van der Waals surface area contributed by atoms with Crippen molar-refractivity contribution < 1.29 is 9.47 Å². The maximum Gasteiger partial charge on any atom is 0.169 e. The normalized spacial score (nSPS) is 26.5. The van der Waals surface area contributed by atoms with E-state index in [2.05, 4.69) is 13.8 Å². The van der Waals surface area contributed by atoms with Crippen LogP contribution in [0.25, 0.3) is 0 Å². The first-order valence-corrected chi connectivity index (χ1v) is 7.08. The van der Waals surface area contributed by atoms with Crippen LogP contribution in [-0.4, -0.2) is 11.9 Å². The first-order valence-electron chi connectivity index (χ1n) is 6.32. The van der Waals surface area contributed by atoms with Crippen molar-refractivity contribution >= 4 is 23.2 Å². The lowest BCUT2D eigenvalue weighted by atomic mass is 10.1. The zero-order valence-corrected chi connectivity index (χ0v) is 12.4. The summed E-state index contributed by atoms with van der Waals surface area (Å²) in [5.74, 6) is -0.507. The molecule has 2 nitrogen and oxygen atoms in total. The number of ether oxygens (including phenoxy) is 2. The van der Waals surface area contributed by atoms with Gasteiger partial charge in [-0.2, -0.15) is 0 Å². The summed E-state index contributed by atoms with van der Waals surface area (Å²) in [7, 11) is 0. The Morgan fingerprint density at radius 3 is 2.11 bits per heavy atom. The second-order valence-electron chi connectivity index (χ2n) is 4.61. The van der Waals surface area contributed by atoms with Crippen molar-refractivity contribution in [2.75, 3.05) is 0 Å². The van der Waals surface area contributed by atoms with Crippen LogP contribution in [0.3, 0.4) is 0 Å². The number of rotatable bonds is 3. The van der Waals surface area contributed by atoms with E-state index < -0.39 is 5.79 Å². The topological polar surface area (TPSA) is 18.5 Å². The van der Waals surface area contributed by atoms with Crippen molar-refractivity contribution in [1.29, 1.82) is 0 Å². The van der Waals surface area contributed by atoms with Gasteiger partial charge in [-0.1, -0.05) is 43.1 Å². The smallest absolute Gasteiger partial charge is 0.169 e. The highest BCUT2D eigenvalue weighted by Crippen LogP contribution is 2.45. The molecule has 0 spiro atoms. The third-order valence-corrected chi connectivity index (χ3v) is 4.19. The van der Waals surface area contributed by atoms with Gasteiger partial charge in [-0.3, -0.25) is 0 Å². The van der Waals surface area contributed by atoms with Gasteiger partial charge >= 0.3 is 0 Å². The number of hydrogen-bond acceptors (Lipinski definition) is 2. The van der Waals surface area contributed by atoms with Gasteiger partial charge in [0.1, 0.15) is 6.10 Å². The van der Waals surface area contributed by atoms with Gasteiger partial charge in [-0.25, -0.2) is 0 Å². The highest BCUT2D eigenvalue weighted by molar-refractivity contribution is 6.36. The maximum absolute atomic E-state index is 6.23. The lowest BCUT2D eigenvalue weighted by Crippen LogP contribution is -2.28. The third-order valence-electron chi connectivity index (χ3n) is 3.53. The lowest BCUT2D eigenvalue weighted by Gasteiger charge is -2.25. The molecule has 18 heavy (non-hydrogen) atoms. The minimum atomic E-state index is -0.507. The van der Waals surface area contributed by atoms with Crippen molar-refractivity contribution in [2.24, 2.45) is 0 Å². The zero-order chi connectivity index (χ0) is 13.3. The molecule has 1 aliphatic rings. The van der Waals surface area contributed by atoms with Crippen LogP contribution in [0.5, 0.6) is 0 Å². The Labute approximate surface area is 118 Å². The average molecular weight is 289 g/mol. The molecule has 100 valence electrons. The van der Waals surface area contributed by atoms with Crippen LogP contribution >= 0.6 is 23.2 Å². The molecular formula is C14H18Cl2O2. The summed E-state index contributed by atoms with van der Waals surface area (Å²) < 4.78 is 12.1. The first kappa shape index (κ1) is 14.1. The molecule has 0 saturated carbocycles.